The minimum Gasteiger partial charge on any atom is -0.374 e. The maximum atomic E-state index is 5.28. The predicted octanol–water partition coefficient (Wildman–Crippen LogP) is 3.47. The molecule has 2 heterocycles. The van der Waals surface area contributed by atoms with Crippen molar-refractivity contribution in [3.63, 3.8) is 0 Å². The van der Waals surface area contributed by atoms with Crippen LogP contribution in [0.2, 0.25) is 0 Å². The van der Waals surface area contributed by atoms with Gasteiger partial charge in [-0.25, -0.2) is 0 Å². The summed E-state index contributed by atoms with van der Waals surface area (Å²) in [6.07, 6.45) is 6.17. The lowest BCUT2D eigenvalue weighted by atomic mass is 9.95. The molecule has 1 aliphatic rings. The predicted molar refractivity (Wildman–Crippen MR) is 86.2 cm³/mol. The van der Waals surface area contributed by atoms with Crippen LogP contribution in [0.1, 0.15) is 68.7 Å². The zero-order valence-corrected chi connectivity index (χ0v) is 14.7. The van der Waals surface area contributed by atoms with Crippen molar-refractivity contribution in [1.82, 2.24) is 24.9 Å². The minimum absolute atomic E-state index is 0.161. The van der Waals surface area contributed by atoms with Crippen molar-refractivity contribution in [1.29, 1.82) is 0 Å². The van der Waals surface area contributed by atoms with Crippen molar-refractivity contribution in [2.75, 3.05) is 7.11 Å². The third-order valence-electron chi connectivity index (χ3n) is 4.30. The fourth-order valence-corrected chi connectivity index (χ4v) is 3.82. The molecule has 23 heavy (non-hydrogen) atoms. The van der Waals surface area contributed by atoms with Gasteiger partial charge in [0.15, 0.2) is 11.0 Å². The number of aromatic nitrogens is 5. The molecule has 0 bridgehead atoms. The average molecular weight is 337 g/mol. The van der Waals surface area contributed by atoms with E-state index in [2.05, 4.69) is 24.9 Å². The van der Waals surface area contributed by atoms with Gasteiger partial charge in [0.2, 0.25) is 5.89 Å². The SMILES string of the molecule is CO[C@@H](C)c1noc(CSc2nnc(C)n2C2CCCCC2)n1. The molecule has 0 radical (unpaired) electrons. The Morgan fingerprint density at radius 3 is 2.83 bits per heavy atom. The second kappa shape index (κ2) is 7.44. The number of aryl methyl sites for hydroxylation is 1. The number of ether oxygens (including phenoxy) is 1. The molecule has 2 aromatic heterocycles. The highest BCUT2D eigenvalue weighted by atomic mass is 32.2. The number of thioether (sulfide) groups is 1. The van der Waals surface area contributed by atoms with E-state index in [1.165, 1.54) is 32.1 Å². The summed E-state index contributed by atoms with van der Waals surface area (Å²) < 4.78 is 12.8. The lowest BCUT2D eigenvalue weighted by Gasteiger charge is -2.24. The van der Waals surface area contributed by atoms with Crippen LogP contribution in [-0.4, -0.2) is 32.0 Å². The maximum Gasteiger partial charge on any atom is 0.237 e. The van der Waals surface area contributed by atoms with Gasteiger partial charge in [-0.1, -0.05) is 36.2 Å². The summed E-state index contributed by atoms with van der Waals surface area (Å²) in [6, 6.07) is 0.521. The summed E-state index contributed by atoms with van der Waals surface area (Å²) in [5.74, 6) is 2.74. The number of nitrogens with zero attached hydrogens (tertiary/aromatic N) is 5. The van der Waals surface area contributed by atoms with Crippen molar-refractivity contribution in [2.24, 2.45) is 0 Å². The van der Waals surface area contributed by atoms with E-state index in [9.17, 15) is 0 Å². The Morgan fingerprint density at radius 2 is 2.09 bits per heavy atom. The summed E-state index contributed by atoms with van der Waals surface area (Å²) in [6.45, 7) is 3.92. The van der Waals surface area contributed by atoms with Crippen LogP contribution in [0.25, 0.3) is 0 Å². The molecule has 1 fully saturated rings. The average Bonchev–Trinajstić information content (AvgIpc) is 3.19. The van der Waals surface area contributed by atoms with Crippen LogP contribution in [0.3, 0.4) is 0 Å². The summed E-state index contributed by atoms with van der Waals surface area (Å²) in [5, 5.41) is 13.5. The van der Waals surface area contributed by atoms with E-state index in [1.54, 1.807) is 18.9 Å². The first-order chi connectivity index (χ1) is 11.2. The maximum absolute atomic E-state index is 5.28. The number of rotatable bonds is 6. The van der Waals surface area contributed by atoms with E-state index < -0.39 is 0 Å². The zero-order valence-electron chi connectivity index (χ0n) is 13.9. The summed E-state index contributed by atoms with van der Waals surface area (Å²) in [4.78, 5) is 4.36. The van der Waals surface area contributed by atoms with Crippen LogP contribution >= 0.6 is 11.8 Å². The van der Waals surface area contributed by atoms with Crippen molar-refractivity contribution in [3.8, 4) is 0 Å². The van der Waals surface area contributed by atoms with E-state index in [0.717, 1.165) is 11.0 Å². The fourth-order valence-electron chi connectivity index (χ4n) is 2.93. The lowest BCUT2D eigenvalue weighted by molar-refractivity contribution is 0.109. The zero-order chi connectivity index (χ0) is 16.2. The molecule has 0 spiro atoms. The molecule has 2 aromatic rings. The molecule has 0 aliphatic heterocycles. The highest BCUT2D eigenvalue weighted by molar-refractivity contribution is 7.98. The molecule has 0 N–H and O–H groups in total. The molecule has 1 atom stereocenters. The van der Waals surface area contributed by atoms with E-state index in [-0.39, 0.29) is 6.10 Å². The summed E-state index contributed by atoms with van der Waals surface area (Å²) >= 11 is 1.60. The number of hydrogen-bond donors (Lipinski definition) is 0. The molecular formula is C15H23N5O2S. The third kappa shape index (κ3) is 3.74. The largest absolute Gasteiger partial charge is 0.374 e. The topological polar surface area (TPSA) is 78.9 Å². The van der Waals surface area contributed by atoms with Gasteiger partial charge in [-0.2, -0.15) is 4.98 Å². The Kier molecular flexibility index (Phi) is 5.32. The van der Waals surface area contributed by atoms with E-state index in [4.69, 9.17) is 9.26 Å². The molecule has 3 rings (SSSR count). The molecule has 8 heteroatoms. The normalized spacial score (nSPS) is 17.5. The Bertz CT molecular complexity index is 636. The molecule has 0 amide bonds. The standard InChI is InChI=1S/C15H23N5O2S/c1-10(21-3)14-16-13(22-19-14)9-23-15-18-17-11(2)20(15)12-7-5-4-6-8-12/h10,12H,4-9H2,1-3H3/t10-/m0/s1. The first-order valence-corrected chi connectivity index (χ1v) is 9.07. The highest BCUT2D eigenvalue weighted by Crippen LogP contribution is 2.33. The van der Waals surface area contributed by atoms with Crippen LogP contribution in [0, 0.1) is 6.92 Å². The van der Waals surface area contributed by atoms with E-state index in [0.29, 0.717) is 23.5 Å². The molecule has 0 unspecified atom stereocenters. The Labute approximate surface area is 140 Å². The molecule has 126 valence electrons. The van der Waals surface area contributed by atoms with Gasteiger partial charge in [-0.15, -0.1) is 10.2 Å². The first kappa shape index (κ1) is 16.4. The fraction of sp³-hybridized carbons (Fsp3) is 0.733. The second-order valence-corrected chi connectivity index (χ2v) is 6.85. The van der Waals surface area contributed by atoms with Crippen LogP contribution in [0.4, 0.5) is 0 Å². The Balaban J connectivity index is 1.67. The second-order valence-electron chi connectivity index (χ2n) is 5.90. The van der Waals surface area contributed by atoms with Crippen LogP contribution in [-0.2, 0) is 10.5 Å². The van der Waals surface area contributed by atoms with Gasteiger partial charge >= 0.3 is 0 Å². The molecule has 0 saturated heterocycles. The van der Waals surface area contributed by atoms with Gasteiger partial charge in [0, 0.05) is 13.2 Å². The van der Waals surface area contributed by atoms with Crippen LogP contribution < -0.4 is 0 Å². The highest BCUT2D eigenvalue weighted by Gasteiger charge is 2.22. The molecule has 0 aromatic carbocycles. The van der Waals surface area contributed by atoms with Crippen molar-refractivity contribution in [2.45, 2.75) is 69.0 Å². The first-order valence-electron chi connectivity index (χ1n) is 8.08. The third-order valence-corrected chi connectivity index (χ3v) is 5.23. The summed E-state index contributed by atoms with van der Waals surface area (Å²) in [7, 11) is 1.63. The van der Waals surface area contributed by atoms with Crippen LogP contribution in [0.5, 0.6) is 0 Å². The van der Waals surface area contributed by atoms with Gasteiger partial charge < -0.3 is 13.8 Å². The van der Waals surface area contributed by atoms with Crippen molar-refractivity contribution < 1.29 is 9.26 Å². The molecule has 1 aliphatic carbocycles. The monoisotopic (exact) mass is 337 g/mol. The summed E-state index contributed by atoms with van der Waals surface area (Å²) in [5.41, 5.74) is 0. The minimum atomic E-state index is -0.161. The van der Waals surface area contributed by atoms with E-state index in [1.807, 2.05) is 13.8 Å². The van der Waals surface area contributed by atoms with Gasteiger partial charge in [-0.05, 0) is 26.7 Å². The van der Waals surface area contributed by atoms with Crippen molar-refractivity contribution in [3.05, 3.63) is 17.5 Å². The smallest absolute Gasteiger partial charge is 0.237 e. The van der Waals surface area contributed by atoms with Gasteiger partial charge in [0.25, 0.3) is 0 Å². The van der Waals surface area contributed by atoms with E-state index >= 15 is 0 Å². The lowest BCUT2D eigenvalue weighted by Crippen LogP contribution is -2.15. The number of hydrogen-bond acceptors (Lipinski definition) is 7. The Morgan fingerprint density at radius 1 is 1.30 bits per heavy atom. The van der Waals surface area contributed by atoms with Gasteiger partial charge in [0.05, 0.1) is 5.75 Å². The Hall–Kier alpha value is -1.41. The molecular weight excluding hydrogens is 314 g/mol. The van der Waals surface area contributed by atoms with Crippen LogP contribution in [0.15, 0.2) is 9.68 Å². The van der Waals surface area contributed by atoms with Gasteiger partial charge in [0.1, 0.15) is 11.9 Å². The van der Waals surface area contributed by atoms with Crippen molar-refractivity contribution >= 4 is 11.8 Å². The quantitative estimate of drug-likeness (QED) is 0.747. The molecule has 7 nitrogen and oxygen atoms in total. The number of methoxy groups -OCH3 is 1. The molecule has 1 saturated carbocycles. The van der Waals surface area contributed by atoms with Gasteiger partial charge in [-0.3, -0.25) is 0 Å².